The van der Waals surface area contributed by atoms with E-state index >= 15 is 0 Å². The van der Waals surface area contributed by atoms with Gasteiger partial charge in [-0.25, -0.2) is 4.98 Å². The van der Waals surface area contributed by atoms with Crippen LogP contribution in [0.2, 0.25) is 0 Å². The Labute approximate surface area is 134 Å². The van der Waals surface area contributed by atoms with Gasteiger partial charge < -0.3 is 10.1 Å². The first kappa shape index (κ1) is 15.9. The Morgan fingerprint density at radius 2 is 2.05 bits per heavy atom. The van der Waals surface area contributed by atoms with Gasteiger partial charge in [0.15, 0.2) is 0 Å². The Hall–Kier alpha value is -1.46. The number of rotatable bonds is 7. The van der Waals surface area contributed by atoms with Crippen molar-refractivity contribution in [1.29, 1.82) is 0 Å². The molecule has 0 atom stereocenters. The minimum Gasteiger partial charge on any atom is -0.472 e. The normalized spacial score (nSPS) is 10.9. The third-order valence-corrected chi connectivity index (χ3v) is 3.63. The number of hydrogen-bond acceptors (Lipinski definition) is 4. The Bertz CT molecular complexity index is 575. The van der Waals surface area contributed by atoms with Crippen molar-refractivity contribution < 1.29 is 4.74 Å². The average Bonchev–Trinajstić information content (AvgIpc) is 2.46. The van der Waals surface area contributed by atoms with Crippen LogP contribution in [0.4, 0.5) is 0 Å². The molecule has 0 saturated heterocycles. The van der Waals surface area contributed by atoms with Crippen molar-refractivity contribution in [1.82, 2.24) is 15.3 Å². The second-order valence-electron chi connectivity index (χ2n) is 5.25. The maximum atomic E-state index is 5.71. The summed E-state index contributed by atoms with van der Waals surface area (Å²) in [5.74, 6) is 1.17. The molecule has 112 valence electrons. The minimum absolute atomic E-state index is 0.471. The van der Waals surface area contributed by atoms with Crippen molar-refractivity contribution >= 4 is 15.9 Å². The van der Waals surface area contributed by atoms with Crippen LogP contribution in [-0.4, -0.2) is 16.5 Å². The summed E-state index contributed by atoms with van der Waals surface area (Å²) in [5.41, 5.74) is 1.97. The lowest BCUT2D eigenvalue weighted by Gasteiger charge is -2.09. The van der Waals surface area contributed by atoms with Crippen molar-refractivity contribution in [3.63, 3.8) is 0 Å². The molecule has 0 bridgehead atoms. The van der Waals surface area contributed by atoms with Crippen LogP contribution < -0.4 is 10.1 Å². The van der Waals surface area contributed by atoms with Crippen LogP contribution in [0.15, 0.2) is 41.1 Å². The van der Waals surface area contributed by atoms with Crippen LogP contribution in [0.5, 0.6) is 5.88 Å². The summed E-state index contributed by atoms with van der Waals surface area (Å²) in [5, 5.41) is 3.35. The summed E-state index contributed by atoms with van der Waals surface area (Å²) in [6, 6.07) is 7.98. The van der Waals surface area contributed by atoms with Crippen LogP contribution in [-0.2, 0) is 13.2 Å². The van der Waals surface area contributed by atoms with E-state index in [0.29, 0.717) is 24.9 Å². The van der Waals surface area contributed by atoms with E-state index in [-0.39, 0.29) is 0 Å². The van der Waals surface area contributed by atoms with Gasteiger partial charge in [-0.05, 0) is 18.5 Å². The van der Waals surface area contributed by atoms with Gasteiger partial charge in [0.1, 0.15) is 6.61 Å². The van der Waals surface area contributed by atoms with E-state index < -0.39 is 0 Å². The number of hydrogen-bond donors (Lipinski definition) is 1. The molecule has 0 fully saturated rings. The molecule has 2 rings (SSSR count). The second-order valence-corrected chi connectivity index (χ2v) is 6.11. The maximum Gasteiger partial charge on any atom is 0.232 e. The van der Waals surface area contributed by atoms with Crippen molar-refractivity contribution in [3.8, 4) is 5.88 Å². The standard InChI is InChI=1S/C16H20BrN3O/c1-12(2)7-18-8-14-9-19-10-16(20-14)21-11-13-5-3-4-6-15(13)17/h3-6,9-10,12,18H,7-8,11H2,1-2H3. The van der Waals surface area contributed by atoms with Crippen LogP contribution in [0.25, 0.3) is 0 Å². The van der Waals surface area contributed by atoms with E-state index in [0.717, 1.165) is 22.3 Å². The van der Waals surface area contributed by atoms with Gasteiger partial charge in [0.25, 0.3) is 0 Å². The zero-order valence-corrected chi connectivity index (χ0v) is 13.9. The largest absolute Gasteiger partial charge is 0.472 e. The number of aromatic nitrogens is 2. The van der Waals surface area contributed by atoms with Gasteiger partial charge in [-0.1, -0.05) is 48.0 Å². The van der Waals surface area contributed by atoms with Gasteiger partial charge in [0, 0.05) is 22.8 Å². The van der Waals surface area contributed by atoms with Crippen LogP contribution >= 0.6 is 15.9 Å². The first-order chi connectivity index (χ1) is 10.1. The van der Waals surface area contributed by atoms with E-state index in [1.807, 2.05) is 24.3 Å². The summed E-state index contributed by atoms with van der Waals surface area (Å²) in [4.78, 5) is 8.63. The van der Waals surface area contributed by atoms with E-state index in [9.17, 15) is 0 Å². The molecule has 1 heterocycles. The zero-order valence-electron chi connectivity index (χ0n) is 12.3. The van der Waals surface area contributed by atoms with Crippen molar-refractivity contribution in [3.05, 3.63) is 52.4 Å². The molecule has 0 amide bonds. The Morgan fingerprint density at radius 1 is 1.24 bits per heavy atom. The Kier molecular flexibility index (Phi) is 6.14. The first-order valence-electron chi connectivity index (χ1n) is 7.03. The molecule has 5 heteroatoms. The number of nitrogens with zero attached hydrogens (tertiary/aromatic N) is 2. The summed E-state index contributed by atoms with van der Waals surface area (Å²) in [6.07, 6.45) is 3.40. The van der Waals surface area contributed by atoms with E-state index in [2.05, 4.69) is 45.1 Å². The van der Waals surface area contributed by atoms with Crippen molar-refractivity contribution in [2.75, 3.05) is 6.54 Å². The highest BCUT2D eigenvalue weighted by atomic mass is 79.9. The molecule has 0 spiro atoms. The van der Waals surface area contributed by atoms with Gasteiger partial charge in [0.05, 0.1) is 11.9 Å². The molecule has 0 saturated carbocycles. The predicted molar refractivity (Wildman–Crippen MR) is 87.1 cm³/mol. The van der Waals surface area contributed by atoms with Gasteiger partial charge in [-0.15, -0.1) is 0 Å². The number of nitrogens with one attached hydrogen (secondary N) is 1. The molecule has 0 aliphatic rings. The molecule has 21 heavy (non-hydrogen) atoms. The van der Waals surface area contributed by atoms with Gasteiger partial charge in [0.2, 0.25) is 5.88 Å². The van der Waals surface area contributed by atoms with Crippen LogP contribution in [0, 0.1) is 5.92 Å². The third-order valence-electron chi connectivity index (χ3n) is 2.85. The quantitative estimate of drug-likeness (QED) is 0.829. The highest BCUT2D eigenvalue weighted by Gasteiger charge is 2.03. The summed E-state index contributed by atoms with van der Waals surface area (Å²) >= 11 is 3.51. The van der Waals surface area contributed by atoms with Gasteiger partial charge >= 0.3 is 0 Å². The fourth-order valence-electron chi connectivity index (χ4n) is 1.80. The first-order valence-corrected chi connectivity index (χ1v) is 7.82. The van der Waals surface area contributed by atoms with E-state index in [4.69, 9.17) is 4.74 Å². The molecule has 1 aromatic carbocycles. The van der Waals surface area contributed by atoms with Crippen molar-refractivity contribution in [2.24, 2.45) is 5.92 Å². The monoisotopic (exact) mass is 349 g/mol. The Balaban J connectivity index is 1.90. The van der Waals surface area contributed by atoms with Crippen molar-refractivity contribution in [2.45, 2.75) is 27.0 Å². The predicted octanol–water partition coefficient (Wildman–Crippen LogP) is 3.56. The molecular weight excluding hydrogens is 330 g/mol. The molecule has 0 aliphatic heterocycles. The number of halogens is 1. The summed E-state index contributed by atoms with van der Waals surface area (Å²) in [7, 11) is 0. The number of benzene rings is 1. The molecule has 4 nitrogen and oxygen atoms in total. The molecule has 1 aromatic heterocycles. The van der Waals surface area contributed by atoms with Crippen LogP contribution in [0.1, 0.15) is 25.1 Å². The molecular formula is C16H20BrN3O. The SMILES string of the molecule is CC(C)CNCc1cncc(OCc2ccccc2Br)n1. The highest BCUT2D eigenvalue weighted by Crippen LogP contribution is 2.17. The van der Waals surface area contributed by atoms with Gasteiger partial charge in [-0.3, -0.25) is 4.98 Å². The topological polar surface area (TPSA) is 47.0 Å². The molecule has 1 N–H and O–H groups in total. The average molecular weight is 350 g/mol. The molecule has 0 unspecified atom stereocenters. The fraction of sp³-hybridized carbons (Fsp3) is 0.375. The summed E-state index contributed by atoms with van der Waals surface area (Å²) in [6.45, 7) is 6.49. The lowest BCUT2D eigenvalue weighted by Crippen LogP contribution is -2.19. The molecule has 0 aliphatic carbocycles. The van der Waals surface area contributed by atoms with Crippen LogP contribution in [0.3, 0.4) is 0 Å². The minimum atomic E-state index is 0.471. The fourth-order valence-corrected chi connectivity index (χ4v) is 2.20. The molecule has 2 aromatic rings. The number of ether oxygens (including phenoxy) is 1. The van der Waals surface area contributed by atoms with Gasteiger partial charge in [-0.2, -0.15) is 0 Å². The lowest BCUT2D eigenvalue weighted by molar-refractivity contribution is 0.290. The third kappa shape index (κ3) is 5.44. The highest BCUT2D eigenvalue weighted by molar-refractivity contribution is 9.10. The maximum absolute atomic E-state index is 5.71. The van der Waals surface area contributed by atoms with E-state index in [1.165, 1.54) is 0 Å². The second kappa shape index (κ2) is 8.10. The summed E-state index contributed by atoms with van der Waals surface area (Å²) < 4.78 is 6.74. The zero-order chi connectivity index (χ0) is 15.1. The Morgan fingerprint density at radius 3 is 2.81 bits per heavy atom. The molecule has 0 radical (unpaired) electrons. The lowest BCUT2D eigenvalue weighted by atomic mass is 10.2. The van der Waals surface area contributed by atoms with E-state index in [1.54, 1.807) is 12.4 Å². The smallest absolute Gasteiger partial charge is 0.232 e.